The monoisotopic (exact) mass is 286 g/mol. The van der Waals surface area contributed by atoms with Crippen molar-refractivity contribution in [2.45, 2.75) is 46.0 Å². The van der Waals surface area contributed by atoms with Crippen molar-refractivity contribution in [2.24, 2.45) is 5.92 Å². The molecule has 1 atom stereocenters. The molecule has 1 aromatic rings. The van der Waals surface area contributed by atoms with Crippen LogP contribution in [0.15, 0.2) is 18.2 Å². The highest BCUT2D eigenvalue weighted by Gasteiger charge is 2.18. The summed E-state index contributed by atoms with van der Waals surface area (Å²) in [6, 6.07) is 5.19. The molecular weight excluding hydrogens is 267 g/mol. The van der Waals surface area contributed by atoms with Crippen LogP contribution in [-0.4, -0.2) is 5.78 Å². The van der Waals surface area contributed by atoms with E-state index in [1.807, 2.05) is 0 Å². The molecule has 0 amide bonds. The van der Waals surface area contributed by atoms with E-state index in [1.54, 1.807) is 18.2 Å². The molecule has 1 unspecified atom stereocenters. The van der Waals surface area contributed by atoms with Crippen molar-refractivity contribution >= 4 is 29.0 Å². The zero-order valence-electron chi connectivity index (χ0n) is 11.0. The Kier molecular flexibility index (Phi) is 6.73. The molecule has 0 spiro atoms. The van der Waals surface area contributed by atoms with Gasteiger partial charge in [-0.1, -0.05) is 68.8 Å². The fourth-order valence-corrected chi connectivity index (χ4v) is 2.68. The van der Waals surface area contributed by atoms with Crippen LogP contribution in [0.4, 0.5) is 0 Å². The van der Waals surface area contributed by atoms with Gasteiger partial charge in [0.1, 0.15) is 0 Å². The van der Waals surface area contributed by atoms with Crippen molar-refractivity contribution in [3.8, 4) is 0 Å². The van der Waals surface area contributed by atoms with Gasteiger partial charge in [-0.05, 0) is 18.1 Å². The molecule has 0 heterocycles. The summed E-state index contributed by atoms with van der Waals surface area (Å²) in [7, 11) is 0. The second kappa shape index (κ2) is 7.81. The molecule has 1 aromatic carbocycles. The Labute approximate surface area is 119 Å². The van der Waals surface area contributed by atoms with Crippen molar-refractivity contribution in [1.82, 2.24) is 0 Å². The predicted molar refractivity (Wildman–Crippen MR) is 78.7 cm³/mol. The van der Waals surface area contributed by atoms with Crippen LogP contribution in [0.1, 0.15) is 56.3 Å². The molecule has 0 radical (unpaired) electrons. The molecule has 100 valence electrons. The van der Waals surface area contributed by atoms with Crippen molar-refractivity contribution in [2.75, 3.05) is 0 Å². The quantitative estimate of drug-likeness (QED) is 0.581. The van der Waals surface area contributed by atoms with E-state index >= 15 is 0 Å². The molecule has 0 aromatic heterocycles. The van der Waals surface area contributed by atoms with Gasteiger partial charge in [0.05, 0.1) is 15.6 Å². The Morgan fingerprint density at radius 1 is 1.22 bits per heavy atom. The van der Waals surface area contributed by atoms with Crippen LogP contribution in [-0.2, 0) is 0 Å². The topological polar surface area (TPSA) is 17.1 Å². The molecule has 3 heteroatoms. The number of hydrogen-bond donors (Lipinski definition) is 0. The highest BCUT2D eigenvalue weighted by atomic mass is 35.5. The molecule has 0 fully saturated rings. The maximum atomic E-state index is 12.2. The van der Waals surface area contributed by atoms with Gasteiger partial charge in [0.15, 0.2) is 5.78 Å². The van der Waals surface area contributed by atoms with Crippen LogP contribution in [0.5, 0.6) is 0 Å². The minimum atomic E-state index is 0.0635. The maximum Gasteiger partial charge on any atom is 0.166 e. The van der Waals surface area contributed by atoms with Gasteiger partial charge in [0.2, 0.25) is 0 Å². The summed E-state index contributed by atoms with van der Waals surface area (Å²) in [6.07, 6.45) is 4.99. The van der Waals surface area contributed by atoms with Gasteiger partial charge in [0.25, 0.3) is 0 Å². The Bertz CT molecular complexity index is 381. The second-order valence-corrected chi connectivity index (χ2v) is 5.45. The number of carbonyl (C=O) groups excluding carboxylic acids is 1. The van der Waals surface area contributed by atoms with E-state index in [9.17, 15) is 4.79 Å². The molecule has 0 aliphatic rings. The molecule has 18 heavy (non-hydrogen) atoms. The number of carbonyl (C=O) groups is 1. The van der Waals surface area contributed by atoms with Crippen LogP contribution >= 0.6 is 23.2 Å². The van der Waals surface area contributed by atoms with Crippen LogP contribution in [0.25, 0.3) is 0 Å². The van der Waals surface area contributed by atoms with E-state index in [0.717, 1.165) is 19.3 Å². The van der Waals surface area contributed by atoms with Gasteiger partial charge >= 0.3 is 0 Å². The fraction of sp³-hybridized carbons (Fsp3) is 0.533. The Morgan fingerprint density at radius 2 is 1.83 bits per heavy atom. The van der Waals surface area contributed by atoms with Gasteiger partial charge in [-0.25, -0.2) is 0 Å². The Morgan fingerprint density at radius 3 is 2.33 bits per heavy atom. The van der Waals surface area contributed by atoms with Crippen molar-refractivity contribution in [3.05, 3.63) is 33.8 Å². The molecule has 1 rings (SSSR count). The van der Waals surface area contributed by atoms with Crippen molar-refractivity contribution in [1.29, 1.82) is 0 Å². The third-order valence-electron chi connectivity index (χ3n) is 3.26. The first kappa shape index (κ1) is 15.5. The lowest BCUT2D eigenvalue weighted by molar-refractivity contribution is 0.0957. The van der Waals surface area contributed by atoms with E-state index in [1.165, 1.54) is 6.42 Å². The van der Waals surface area contributed by atoms with Gasteiger partial charge in [-0.2, -0.15) is 0 Å². The Hall–Kier alpha value is -0.530. The zero-order chi connectivity index (χ0) is 13.5. The standard InChI is InChI=1S/C15H20Cl2O/c1-3-5-7-11(4-2)10-14(18)15-12(16)8-6-9-13(15)17/h6,8-9,11H,3-5,7,10H2,1-2H3. The number of rotatable bonds is 7. The van der Waals surface area contributed by atoms with E-state index in [2.05, 4.69) is 13.8 Å². The summed E-state index contributed by atoms with van der Waals surface area (Å²) in [4.78, 5) is 12.2. The first-order valence-corrected chi connectivity index (χ1v) is 7.32. The molecule has 0 N–H and O–H groups in total. The van der Waals surface area contributed by atoms with Gasteiger partial charge in [0, 0.05) is 6.42 Å². The van der Waals surface area contributed by atoms with Crippen LogP contribution in [0.2, 0.25) is 10.0 Å². The summed E-state index contributed by atoms with van der Waals surface area (Å²) in [5.74, 6) is 0.498. The highest BCUT2D eigenvalue weighted by molar-refractivity contribution is 6.39. The minimum absolute atomic E-state index is 0.0635. The van der Waals surface area contributed by atoms with Gasteiger partial charge in [-0.15, -0.1) is 0 Å². The lowest BCUT2D eigenvalue weighted by atomic mass is 9.91. The smallest absolute Gasteiger partial charge is 0.166 e. The minimum Gasteiger partial charge on any atom is -0.294 e. The highest BCUT2D eigenvalue weighted by Crippen LogP contribution is 2.28. The third-order valence-corrected chi connectivity index (χ3v) is 3.89. The van der Waals surface area contributed by atoms with Crippen LogP contribution < -0.4 is 0 Å². The number of hydrogen-bond acceptors (Lipinski definition) is 1. The normalized spacial score (nSPS) is 12.4. The first-order chi connectivity index (χ1) is 8.60. The average Bonchev–Trinajstić information content (AvgIpc) is 2.34. The molecule has 1 nitrogen and oxygen atoms in total. The van der Waals surface area contributed by atoms with Crippen LogP contribution in [0.3, 0.4) is 0 Å². The Balaban J connectivity index is 2.75. The van der Waals surface area contributed by atoms with E-state index in [-0.39, 0.29) is 5.78 Å². The largest absolute Gasteiger partial charge is 0.294 e. The molecule has 0 bridgehead atoms. The predicted octanol–water partition coefficient (Wildman–Crippen LogP) is 5.78. The SMILES string of the molecule is CCCCC(CC)CC(=O)c1c(Cl)cccc1Cl. The number of benzene rings is 1. The van der Waals surface area contributed by atoms with Crippen LogP contribution in [0, 0.1) is 5.92 Å². The fourth-order valence-electron chi connectivity index (χ4n) is 2.07. The lowest BCUT2D eigenvalue weighted by Crippen LogP contribution is -2.09. The van der Waals surface area contributed by atoms with E-state index in [4.69, 9.17) is 23.2 Å². The zero-order valence-corrected chi connectivity index (χ0v) is 12.5. The maximum absolute atomic E-state index is 12.2. The van der Waals surface area contributed by atoms with Gasteiger partial charge in [-0.3, -0.25) is 4.79 Å². The number of unbranched alkanes of at least 4 members (excludes halogenated alkanes) is 1. The summed E-state index contributed by atoms with van der Waals surface area (Å²) in [5, 5.41) is 0.913. The summed E-state index contributed by atoms with van der Waals surface area (Å²) < 4.78 is 0. The van der Waals surface area contributed by atoms with E-state index in [0.29, 0.717) is 27.9 Å². The molecule has 0 saturated heterocycles. The summed E-state index contributed by atoms with van der Waals surface area (Å²) in [5.41, 5.74) is 0.482. The number of halogens is 2. The average molecular weight is 287 g/mol. The van der Waals surface area contributed by atoms with Crippen molar-refractivity contribution < 1.29 is 4.79 Å². The first-order valence-electron chi connectivity index (χ1n) is 6.57. The number of Topliss-reactive ketones (excluding diaryl/α,β-unsaturated/α-hetero) is 1. The van der Waals surface area contributed by atoms with Gasteiger partial charge < -0.3 is 0 Å². The molecular formula is C15H20Cl2O. The number of ketones is 1. The van der Waals surface area contributed by atoms with E-state index < -0.39 is 0 Å². The van der Waals surface area contributed by atoms with Crippen molar-refractivity contribution in [3.63, 3.8) is 0 Å². The lowest BCUT2D eigenvalue weighted by Gasteiger charge is -2.14. The summed E-state index contributed by atoms with van der Waals surface area (Å²) in [6.45, 7) is 4.29. The summed E-state index contributed by atoms with van der Waals surface area (Å²) >= 11 is 12.1. The molecule has 0 aliphatic heterocycles. The third kappa shape index (κ3) is 4.29. The second-order valence-electron chi connectivity index (χ2n) is 4.64. The molecule has 0 saturated carbocycles. The molecule has 0 aliphatic carbocycles.